The second-order valence-electron chi connectivity index (χ2n) is 4.49. The predicted octanol–water partition coefficient (Wildman–Crippen LogP) is 5.54. The summed E-state index contributed by atoms with van der Waals surface area (Å²) < 4.78 is 1.23. The van der Waals surface area contributed by atoms with Gasteiger partial charge in [0.15, 0.2) is 0 Å². The molecule has 0 bridgehead atoms. The molecule has 1 nitrogen and oxygen atoms in total. The monoisotopic (exact) mass is 319 g/mol. The van der Waals surface area contributed by atoms with Gasteiger partial charge in [-0.2, -0.15) is 0 Å². The molecule has 0 aliphatic heterocycles. The fourth-order valence-electron chi connectivity index (χ4n) is 2.20. The minimum Gasteiger partial charge on any atom is -0.241 e. The summed E-state index contributed by atoms with van der Waals surface area (Å²) in [5.41, 5.74) is 2.26. The Bertz CT molecular complexity index is 690. The zero-order valence-corrected chi connectivity index (χ0v) is 13.4. The third kappa shape index (κ3) is 2.85. The molecule has 102 valence electrons. The first kappa shape index (κ1) is 13.9. The lowest BCUT2D eigenvalue weighted by atomic mass is 10.1. The first-order valence-electron chi connectivity index (χ1n) is 6.39. The molecule has 4 heteroatoms. The van der Waals surface area contributed by atoms with Crippen LogP contribution in [-0.4, -0.2) is 11.2 Å². The molecule has 3 aromatic rings. The Morgan fingerprint density at radius 2 is 1.90 bits per heavy atom. The van der Waals surface area contributed by atoms with E-state index in [1.807, 2.05) is 18.2 Å². The van der Waals surface area contributed by atoms with Crippen molar-refractivity contribution in [3.8, 4) is 0 Å². The lowest BCUT2D eigenvalue weighted by Gasteiger charge is -2.11. The molecule has 0 aliphatic rings. The van der Waals surface area contributed by atoms with Gasteiger partial charge < -0.3 is 0 Å². The van der Waals surface area contributed by atoms with Gasteiger partial charge in [-0.25, -0.2) is 4.98 Å². The van der Waals surface area contributed by atoms with Crippen molar-refractivity contribution in [2.24, 2.45) is 0 Å². The van der Waals surface area contributed by atoms with Crippen LogP contribution in [0.4, 0.5) is 0 Å². The molecule has 0 N–H and O–H groups in total. The number of alkyl halides is 1. The number of thiazole rings is 1. The zero-order valence-electron chi connectivity index (χ0n) is 11.0. The number of thioether (sulfide) groups is 1. The quantitative estimate of drug-likeness (QED) is 0.462. The van der Waals surface area contributed by atoms with Crippen molar-refractivity contribution in [2.75, 3.05) is 6.26 Å². The maximum absolute atomic E-state index is 6.61. The summed E-state index contributed by atoms with van der Waals surface area (Å²) >= 11 is 10.1. The molecule has 0 saturated carbocycles. The summed E-state index contributed by atoms with van der Waals surface area (Å²) in [4.78, 5) is 5.91. The Morgan fingerprint density at radius 3 is 2.70 bits per heavy atom. The molecule has 0 aliphatic carbocycles. The minimum absolute atomic E-state index is 0.0285. The Kier molecular flexibility index (Phi) is 4.29. The van der Waals surface area contributed by atoms with Gasteiger partial charge in [-0.3, -0.25) is 0 Å². The summed E-state index contributed by atoms with van der Waals surface area (Å²) in [5.74, 6) is 0. The van der Waals surface area contributed by atoms with Crippen LogP contribution in [0.3, 0.4) is 0 Å². The van der Waals surface area contributed by atoms with Gasteiger partial charge in [0.05, 0.1) is 20.6 Å². The number of benzene rings is 2. The molecule has 20 heavy (non-hydrogen) atoms. The number of para-hydroxylation sites is 1. The maximum Gasteiger partial charge on any atom is 0.0956 e. The summed E-state index contributed by atoms with van der Waals surface area (Å²) in [6, 6.07) is 16.5. The van der Waals surface area contributed by atoms with Crippen LogP contribution in [0.25, 0.3) is 10.2 Å². The van der Waals surface area contributed by atoms with Crippen LogP contribution >= 0.6 is 34.7 Å². The highest BCUT2D eigenvalue weighted by atomic mass is 35.5. The number of hydrogen-bond acceptors (Lipinski definition) is 3. The van der Waals surface area contributed by atoms with Gasteiger partial charge in [-0.05, 0) is 30.0 Å². The first-order valence-corrected chi connectivity index (χ1v) is 8.87. The smallest absolute Gasteiger partial charge is 0.0956 e. The van der Waals surface area contributed by atoms with E-state index < -0.39 is 0 Å². The van der Waals surface area contributed by atoms with Crippen molar-refractivity contribution in [1.82, 2.24) is 4.98 Å². The molecule has 1 aromatic heterocycles. The first-order chi connectivity index (χ1) is 9.78. The molecule has 0 fully saturated rings. The van der Waals surface area contributed by atoms with E-state index in [2.05, 4.69) is 41.6 Å². The van der Waals surface area contributed by atoms with Crippen molar-refractivity contribution in [3.05, 3.63) is 59.1 Å². The van der Waals surface area contributed by atoms with Gasteiger partial charge in [0, 0.05) is 11.3 Å². The van der Waals surface area contributed by atoms with E-state index in [9.17, 15) is 0 Å². The number of rotatable bonds is 4. The van der Waals surface area contributed by atoms with Crippen molar-refractivity contribution < 1.29 is 0 Å². The Morgan fingerprint density at radius 1 is 1.15 bits per heavy atom. The van der Waals surface area contributed by atoms with E-state index in [1.165, 1.54) is 15.2 Å². The zero-order chi connectivity index (χ0) is 13.9. The Labute approximate surface area is 132 Å². The van der Waals surface area contributed by atoms with Crippen LogP contribution in [0.15, 0.2) is 53.4 Å². The standard InChI is InChI=1S/C16H14ClNS2/c1-19-14-8-4-2-6-11(14)12(17)10-16-18-13-7-3-5-9-15(13)20-16/h2-9,12H,10H2,1H3. The summed E-state index contributed by atoms with van der Waals surface area (Å²) in [5, 5.41) is 1.07. The number of nitrogens with zero attached hydrogens (tertiary/aromatic N) is 1. The molecule has 1 heterocycles. The molecule has 2 aromatic carbocycles. The largest absolute Gasteiger partial charge is 0.241 e. The third-order valence-corrected chi connectivity index (χ3v) is 5.43. The highest BCUT2D eigenvalue weighted by Crippen LogP contribution is 2.34. The molecule has 0 saturated heterocycles. The average molecular weight is 320 g/mol. The van der Waals surface area contributed by atoms with Crippen molar-refractivity contribution in [1.29, 1.82) is 0 Å². The van der Waals surface area contributed by atoms with Gasteiger partial charge >= 0.3 is 0 Å². The third-order valence-electron chi connectivity index (χ3n) is 3.17. The van der Waals surface area contributed by atoms with Crippen LogP contribution in [0.5, 0.6) is 0 Å². The molecule has 1 unspecified atom stereocenters. The van der Waals surface area contributed by atoms with Crippen molar-refractivity contribution >= 4 is 44.9 Å². The Balaban J connectivity index is 1.86. The van der Waals surface area contributed by atoms with E-state index in [1.54, 1.807) is 23.1 Å². The molecule has 0 amide bonds. The van der Waals surface area contributed by atoms with Gasteiger partial charge in [0.1, 0.15) is 0 Å². The number of aromatic nitrogens is 1. The maximum atomic E-state index is 6.61. The van der Waals surface area contributed by atoms with Crippen molar-refractivity contribution in [3.63, 3.8) is 0 Å². The fraction of sp³-hybridized carbons (Fsp3) is 0.188. The summed E-state index contributed by atoms with van der Waals surface area (Å²) in [6.45, 7) is 0. The fourth-order valence-corrected chi connectivity index (χ4v) is 4.36. The number of halogens is 1. The lowest BCUT2D eigenvalue weighted by Crippen LogP contribution is -1.97. The van der Waals surface area contributed by atoms with E-state index in [-0.39, 0.29) is 5.38 Å². The normalized spacial score (nSPS) is 12.7. The average Bonchev–Trinajstić information content (AvgIpc) is 2.89. The molecular formula is C16H14ClNS2. The highest BCUT2D eigenvalue weighted by molar-refractivity contribution is 7.98. The van der Waals surface area contributed by atoms with Gasteiger partial charge in [-0.15, -0.1) is 34.7 Å². The van der Waals surface area contributed by atoms with Gasteiger partial charge in [-0.1, -0.05) is 30.3 Å². The SMILES string of the molecule is CSc1ccccc1C(Cl)Cc1nc2ccccc2s1. The van der Waals surface area contributed by atoms with Crippen LogP contribution in [0.1, 0.15) is 15.9 Å². The molecule has 3 rings (SSSR count). The van der Waals surface area contributed by atoms with Gasteiger partial charge in [0.25, 0.3) is 0 Å². The van der Waals surface area contributed by atoms with E-state index in [0.717, 1.165) is 16.9 Å². The summed E-state index contributed by atoms with van der Waals surface area (Å²) in [6.07, 6.45) is 2.86. The summed E-state index contributed by atoms with van der Waals surface area (Å²) in [7, 11) is 0. The minimum atomic E-state index is -0.0285. The topological polar surface area (TPSA) is 12.9 Å². The van der Waals surface area contributed by atoms with Crippen LogP contribution in [0, 0.1) is 0 Å². The van der Waals surface area contributed by atoms with E-state index >= 15 is 0 Å². The van der Waals surface area contributed by atoms with Crippen LogP contribution in [0.2, 0.25) is 0 Å². The lowest BCUT2D eigenvalue weighted by molar-refractivity contribution is 0.889. The van der Waals surface area contributed by atoms with E-state index in [0.29, 0.717) is 0 Å². The predicted molar refractivity (Wildman–Crippen MR) is 90.1 cm³/mol. The molecule has 1 atom stereocenters. The van der Waals surface area contributed by atoms with Crippen molar-refractivity contribution in [2.45, 2.75) is 16.7 Å². The van der Waals surface area contributed by atoms with Crippen LogP contribution < -0.4 is 0 Å². The second-order valence-corrected chi connectivity index (χ2v) is 6.98. The number of fused-ring (bicyclic) bond motifs is 1. The molecule has 0 spiro atoms. The van der Waals surface area contributed by atoms with Crippen LogP contribution in [-0.2, 0) is 6.42 Å². The highest BCUT2D eigenvalue weighted by Gasteiger charge is 2.15. The molecule has 0 radical (unpaired) electrons. The number of hydrogen-bond donors (Lipinski definition) is 0. The molecular weight excluding hydrogens is 306 g/mol. The van der Waals surface area contributed by atoms with Gasteiger partial charge in [0.2, 0.25) is 0 Å². The Hall–Kier alpha value is -1.03. The second kappa shape index (κ2) is 6.17. The van der Waals surface area contributed by atoms with E-state index in [4.69, 9.17) is 11.6 Å².